The van der Waals surface area contributed by atoms with Crippen molar-refractivity contribution in [2.24, 2.45) is 0 Å². The van der Waals surface area contributed by atoms with Crippen LogP contribution in [0.15, 0.2) is 18.5 Å². The summed E-state index contributed by atoms with van der Waals surface area (Å²) in [6, 6.07) is 0. The summed E-state index contributed by atoms with van der Waals surface area (Å²) in [5.41, 5.74) is 12.9. The Morgan fingerprint density at radius 1 is 1.50 bits per heavy atom. The zero-order chi connectivity index (χ0) is 12.0. The number of hydrogen-bond donors (Lipinski definition) is 2. The van der Waals surface area contributed by atoms with E-state index in [0.29, 0.717) is 23.5 Å². The number of nitrogens with zero attached hydrogens (tertiary/aromatic N) is 1. The summed E-state index contributed by atoms with van der Waals surface area (Å²) >= 11 is 0. The number of nitrogens with two attached hydrogens (primary N) is 2. The minimum Gasteiger partial charge on any atom is -0.466 e. The van der Waals surface area contributed by atoms with Crippen LogP contribution in [0.4, 0.5) is 11.4 Å². The number of anilines is 2. The van der Waals surface area contributed by atoms with E-state index >= 15 is 0 Å². The van der Waals surface area contributed by atoms with E-state index < -0.39 is 0 Å². The van der Waals surface area contributed by atoms with E-state index in [1.54, 1.807) is 25.3 Å². The number of aromatic nitrogens is 1. The Balaban J connectivity index is 2.63. The number of carbonyl (C=O) groups excluding carboxylic acids is 1. The molecule has 0 aliphatic rings. The first-order valence-corrected chi connectivity index (χ1v) is 4.96. The first kappa shape index (κ1) is 12.0. The lowest BCUT2D eigenvalue weighted by Crippen LogP contribution is -2.01. The fourth-order valence-electron chi connectivity index (χ4n) is 1.14. The predicted octanol–water partition coefficient (Wildman–Crippen LogP) is 1.21. The summed E-state index contributed by atoms with van der Waals surface area (Å²) < 4.78 is 4.77. The van der Waals surface area contributed by atoms with Gasteiger partial charge in [-0.25, -0.2) is 0 Å². The fraction of sp³-hybridized carbons (Fsp3) is 0.273. The molecule has 86 valence electrons. The Labute approximate surface area is 94.1 Å². The average Bonchev–Trinajstić information content (AvgIpc) is 2.25. The lowest BCUT2D eigenvalue weighted by atomic mass is 10.2. The number of ether oxygens (including phenoxy) is 1. The van der Waals surface area contributed by atoms with E-state index in [4.69, 9.17) is 16.2 Å². The third kappa shape index (κ3) is 3.27. The number of pyridine rings is 1. The van der Waals surface area contributed by atoms with E-state index in [-0.39, 0.29) is 12.4 Å². The van der Waals surface area contributed by atoms with E-state index in [0.717, 1.165) is 0 Å². The van der Waals surface area contributed by atoms with E-state index in [1.165, 1.54) is 6.20 Å². The first-order chi connectivity index (χ1) is 7.65. The van der Waals surface area contributed by atoms with E-state index in [9.17, 15) is 4.79 Å². The van der Waals surface area contributed by atoms with Gasteiger partial charge in [-0.05, 0) is 6.92 Å². The van der Waals surface area contributed by atoms with Crippen LogP contribution in [-0.4, -0.2) is 17.6 Å². The van der Waals surface area contributed by atoms with Gasteiger partial charge < -0.3 is 16.2 Å². The molecule has 1 rings (SSSR count). The Morgan fingerprint density at radius 2 is 2.25 bits per heavy atom. The van der Waals surface area contributed by atoms with Gasteiger partial charge in [0, 0.05) is 11.8 Å². The van der Waals surface area contributed by atoms with Crippen LogP contribution >= 0.6 is 0 Å². The van der Waals surface area contributed by atoms with Gasteiger partial charge in [0.2, 0.25) is 0 Å². The largest absolute Gasteiger partial charge is 0.466 e. The summed E-state index contributed by atoms with van der Waals surface area (Å²) in [6.07, 6.45) is 6.66. The molecule has 5 heteroatoms. The van der Waals surface area contributed by atoms with Crippen LogP contribution in [0.5, 0.6) is 0 Å². The molecule has 0 saturated carbocycles. The lowest BCUT2D eigenvalue weighted by Gasteiger charge is -2.02. The second-order valence-electron chi connectivity index (χ2n) is 3.14. The number of nitrogen functional groups attached to an aromatic ring is 2. The molecule has 0 bridgehead atoms. The van der Waals surface area contributed by atoms with E-state index in [1.807, 2.05) is 0 Å². The predicted molar refractivity (Wildman–Crippen MR) is 63.3 cm³/mol. The third-order valence-electron chi connectivity index (χ3n) is 1.94. The molecule has 0 aromatic carbocycles. The standard InChI is InChI=1S/C11H15N3O2/c1-2-16-10(15)5-3-4-8-6-14-7-9(12)11(8)13/h3-4,6-7H,2,5,12H2,1H3,(H2,13,14). The molecule has 16 heavy (non-hydrogen) atoms. The van der Waals surface area contributed by atoms with Crippen LogP contribution in [0, 0.1) is 0 Å². The van der Waals surface area contributed by atoms with Crippen LogP contribution in [0.1, 0.15) is 18.9 Å². The van der Waals surface area contributed by atoms with Crippen LogP contribution < -0.4 is 11.5 Å². The van der Waals surface area contributed by atoms with Crippen molar-refractivity contribution in [3.05, 3.63) is 24.0 Å². The molecule has 0 atom stereocenters. The molecule has 1 aromatic rings. The molecule has 1 aromatic heterocycles. The van der Waals surface area contributed by atoms with Gasteiger partial charge in [-0.2, -0.15) is 0 Å². The Morgan fingerprint density at radius 3 is 2.94 bits per heavy atom. The summed E-state index contributed by atoms with van der Waals surface area (Å²) in [4.78, 5) is 14.9. The number of carbonyl (C=O) groups is 1. The third-order valence-corrected chi connectivity index (χ3v) is 1.94. The zero-order valence-corrected chi connectivity index (χ0v) is 9.14. The van der Waals surface area contributed by atoms with Crippen molar-refractivity contribution in [1.82, 2.24) is 4.98 Å². The molecule has 0 fully saturated rings. The topological polar surface area (TPSA) is 91.2 Å². The monoisotopic (exact) mass is 221 g/mol. The highest BCUT2D eigenvalue weighted by molar-refractivity contribution is 5.77. The van der Waals surface area contributed by atoms with Gasteiger partial charge in [0.05, 0.1) is 30.6 Å². The van der Waals surface area contributed by atoms with Gasteiger partial charge in [0.1, 0.15) is 0 Å². The smallest absolute Gasteiger partial charge is 0.309 e. The molecular weight excluding hydrogens is 206 g/mol. The molecule has 4 N–H and O–H groups in total. The number of rotatable bonds is 4. The average molecular weight is 221 g/mol. The molecule has 0 aliphatic heterocycles. The first-order valence-electron chi connectivity index (χ1n) is 4.96. The van der Waals surface area contributed by atoms with Crippen LogP contribution in [0.3, 0.4) is 0 Å². The molecule has 1 heterocycles. The van der Waals surface area contributed by atoms with Crippen LogP contribution in [0.2, 0.25) is 0 Å². The Hall–Kier alpha value is -2.04. The molecule has 0 spiro atoms. The summed E-state index contributed by atoms with van der Waals surface area (Å²) in [6.45, 7) is 2.15. The highest BCUT2D eigenvalue weighted by Crippen LogP contribution is 2.18. The van der Waals surface area contributed by atoms with Gasteiger partial charge in [-0.3, -0.25) is 9.78 Å². The van der Waals surface area contributed by atoms with Gasteiger partial charge >= 0.3 is 5.97 Å². The Bertz CT molecular complexity index is 402. The second kappa shape index (κ2) is 5.75. The van der Waals surface area contributed by atoms with Crippen molar-refractivity contribution in [1.29, 1.82) is 0 Å². The summed E-state index contributed by atoms with van der Waals surface area (Å²) in [7, 11) is 0. The maximum Gasteiger partial charge on any atom is 0.309 e. The SMILES string of the molecule is CCOC(=O)CC=Cc1cncc(N)c1N. The molecule has 0 aliphatic carbocycles. The summed E-state index contributed by atoms with van der Waals surface area (Å²) in [5, 5.41) is 0. The molecule has 0 saturated heterocycles. The minimum absolute atomic E-state index is 0.210. The maximum absolute atomic E-state index is 11.0. The molecule has 0 unspecified atom stereocenters. The van der Waals surface area contributed by atoms with Crippen molar-refractivity contribution in [3.63, 3.8) is 0 Å². The van der Waals surface area contributed by atoms with Crippen molar-refractivity contribution in [2.75, 3.05) is 18.1 Å². The number of esters is 1. The van der Waals surface area contributed by atoms with Crippen LogP contribution in [-0.2, 0) is 9.53 Å². The van der Waals surface area contributed by atoms with Gasteiger partial charge in [0.25, 0.3) is 0 Å². The Kier molecular flexibility index (Phi) is 4.32. The van der Waals surface area contributed by atoms with Gasteiger partial charge in [-0.15, -0.1) is 0 Å². The van der Waals surface area contributed by atoms with Crippen molar-refractivity contribution >= 4 is 23.4 Å². The zero-order valence-electron chi connectivity index (χ0n) is 9.14. The quantitative estimate of drug-likeness (QED) is 0.746. The molecular formula is C11H15N3O2. The van der Waals surface area contributed by atoms with Crippen molar-refractivity contribution in [2.45, 2.75) is 13.3 Å². The van der Waals surface area contributed by atoms with Crippen molar-refractivity contribution in [3.8, 4) is 0 Å². The van der Waals surface area contributed by atoms with Gasteiger partial charge in [-0.1, -0.05) is 12.2 Å². The fourth-order valence-corrected chi connectivity index (χ4v) is 1.14. The maximum atomic E-state index is 11.0. The molecule has 0 radical (unpaired) electrons. The minimum atomic E-state index is -0.269. The second-order valence-corrected chi connectivity index (χ2v) is 3.14. The summed E-state index contributed by atoms with van der Waals surface area (Å²) in [5.74, 6) is -0.269. The van der Waals surface area contributed by atoms with Crippen LogP contribution in [0.25, 0.3) is 6.08 Å². The highest BCUT2D eigenvalue weighted by atomic mass is 16.5. The van der Waals surface area contributed by atoms with Crippen molar-refractivity contribution < 1.29 is 9.53 Å². The van der Waals surface area contributed by atoms with Gasteiger partial charge in [0.15, 0.2) is 0 Å². The lowest BCUT2D eigenvalue weighted by molar-refractivity contribution is -0.142. The number of hydrogen-bond acceptors (Lipinski definition) is 5. The van der Waals surface area contributed by atoms with E-state index in [2.05, 4.69) is 4.98 Å². The molecule has 5 nitrogen and oxygen atoms in total. The normalized spacial score (nSPS) is 10.6. The highest BCUT2D eigenvalue weighted by Gasteiger charge is 2.00. The molecule has 0 amide bonds.